The molecular formula is C23H21N3O4S. The van der Waals surface area contributed by atoms with E-state index in [1.54, 1.807) is 25.6 Å². The van der Waals surface area contributed by atoms with Crippen LogP contribution in [0.5, 0.6) is 11.5 Å². The van der Waals surface area contributed by atoms with E-state index in [0.717, 1.165) is 28.2 Å². The SMILES string of the molecule is COc1ccc(-c2cc(NC(=O)CCc3nc(-c4ccsc4)no3)ccc2OC)cc1. The van der Waals surface area contributed by atoms with Crippen molar-refractivity contribution in [2.75, 3.05) is 19.5 Å². The molecule has 1 N–H and O–H groups in total. The lowest BCUT2D eigenvalue weighted by molar-refractivity contribution is -0.116. The zero-order chi connectivity index (χ0) is 21.6. The van der Waals surface area contributed by atoms with Gasteiger partial charge < -0.3 is 19.3 Å². The molecular weight excluding hydrogens is 414 g/mol. The predicted octanol–water partition coefficient (Wildman–Crippen LogP) is 5.05. The summed E-state index contributed by atoms with van der Waals surface area (Å²) in [5, 5.41) is 10.8. The van der Waals surface area contributed by atoms with Gasteiger partial charge in [-0.05, 0) is 47.3 Å². The predicted molar refractivity (Wildman–Crippen MR) is 120 cm³/mol. The molecule has 0 spiro atoms. The smallest absolute Gasteiger partial charge is 0.227 e. The Morgan fingerprint density at radius 2 is 1.90 bits per heavy atom. The first-order chi connectivity index (χ1) is 15.2. The average molecular weight is 436 g/mol. The van der Waals surface area contributed by atoms with E-state index in [1.807, 2.05) is 59.3 Å². The Morgan fingerprint density at radius 3 is 2.61 bits per heavy atom. The zero-order valence-corrected chi connectivity index (χ0v) is 17.9. The summed E-state index contributed by atoms with van der Waals surface area (Å²) >= 11 is 1.57. The van der Waals surface area contributed by atoms with Gasteiger partial charge in [0.1, 0.15) is 11.5 Å². The largest absolute Gasteiger partial charge is 0.497 e. The lowest BCUT2D eigenvalue weighted by Gasteiger charge is -2.12. The number of ether oxygens (including phenoxy) is 2. The Labute approximate surface area is 183 Å². The van der Waals surface area contributed by atoms with E-state index >= 15 is 0 Å². The molecule has 2 aromatic carbocycles. The number of nitrogens with zero attached hydrogens (tertiary/aromatic N) is 2. The Kier molecular flexibility index (Phi) is 6.28. The standard InChI is InChI=1S/C23H21N3O4S/c1-28-18-6-3-15(4-7-18)19-13-17(5-8-20(19)29-2)24-21(27)9-10-22-25-23(26-30-22)16-11-12-31-14-16/h3-8,11-14H,9-10H2,1-2H3,(H,24,27). The molecule has 0 radical (unpaired) electrons. The molecule has 7 nitrogen and oxygen atoms in total. The molecule has 8 heteroatoms. The van der Waals surface area contributed by atoms with E-state index in [1.165, 1.54) is 0 Å². The number of thiophene rings is 1. The lowest BCUT2D eigenvalue weighted by atomic mass is 10.0. The van der Waals surface area contributed by atoms with Gasteiger partial charge in [0.25, 0.3) is 0 Å². The number of carbonyl (C=O) groups excluding carboxylic acids is 1. The van der Waals surface area contributed by atoms with Gasteiger partial charge >= 0.3 is 0 Å². The Bertz CT molecular complexity index is 1150. The lowest BCUT2D eigenvalue weighted by Crippen LogP contribution is -2.12. The fourth-order valence-electron chi connectivity index (χ4n) is 3.09. The van der Waals surface area contributed by atoms with Crippen LogP contribution in [0.25, 0.3) is 22.5 Å². The number of hydrogen-bond acceptors (Lipinski definition) is 7. The number of rotatable bonds is 8. The first kappa shape index (κ1) is 20.6. The van der Waals surface area contributed by atoms with Gasteiger partial charge in [0.05, 0.1) is 14.2 Å². The first-order valence-corrected chi connectivity index (χ1v) is 10.6. The maximum Gasteiger partial charge on any atom is 0.227 e. The third-order valence-electron chi connectivity index (χ3n) is 4.70. The van der Waals surface area contributed by atoms with Crippen LogP contribution in [0.2, 0.25) is 0 Å². The summed E-state index contributed by atoms with van der Waals surface area (Å²) in [5.74, 6) is 2.33. The monoisotopic (exact) mass is 435 g/mol. The van der Waals surface area contributed by atoms with E-state index in [-0.39, 0.29) is 12.3 Å². The molecule has 0 bridgehead atoms. The van der Waals surface area contributed by atoms with Crippen molar-refractivity contribution < 1.29 is 18.8 Å². The Balaban J connectivity index is 1.42. The normalized spacial score (nSPS) is 10.6. The van der Waals surface area contributed by atoms with Gasteiger partial charge in [0.15, 0.2) is 0 Å². The van der Waals surface area contributed by atoms with Crippen LogP contribution in [-0.4, -0.2) is 30.3 Å². The van der Waals surface area contributed by atoms with Crippen molar-refractivity contribution in [2.45, 2.75) is 12.8 Å². The molecule has 31 heavy (non-hydrogen) atoms. The van der Waals surface area contributed by atoms with Crippen LogP contribution in [0.15, 0.2) is 63.8 Å². The number of methoxy groups -OCH3 is 2. The molecule has 0 fully saturated rings. The van der Waals surface area contributed by atoms with Crippen LogP contribution in [-0.2, 0) is 11.2 Å². The number of carbonyl (C=O) groups is 1. The molecule has 0 aliphatic heterocycles. The Hall–Kier alpha value is -3.65. The van der Waals surface area contributed by atoms with Gasteiger partial charge in [-0.1, -0.05) is 17.3 Å². The maximum absolute atomic E-state index is 12.5. The minimum absolute atomic E-state index is 0.138. The highest BCUT2D eigenvalue weighted by Gasteiger charge is 2.13. The van der Waals surface area contributed by atoms with Gasteiger partial charge in [-0.2, -0.15) is 16.3 Å². The molecule has 0 atom stereocenters. The van der Waals surface area contributed by atoms with Crippen LogP contribution in [0, 0.1) is 0 Å². The van der Waals surface area contributed by atoms with Crippen molar-refractivity contribution in [3.63, 3.8) is 0 Å². The summed E-state index contributed by atoms with van der Waals surface area (Å²) < 4.78 is 16.0. The van der Waals surface area contributed by atoms with E-state index in [4.69, 9.17) is 14.0 Å². The van der Waals surface area contributed by atoms with Crippen molar-refractivity contribution >= 4 is 22.9 Å². The summed E-state index contributed by atoms with van der Waals surface area (Å²) in [5.41, 5.74) is 3.43. The van der Waals surface area contributed by atoms with Gasteiger partial charge in [-0.3, -0.25) is 4.79 Å². The fraction of sp³-hybridized carbons (Fsp3) is 0.174. The molecule has 2 heterocycles. The third-order valence-corrected chi connectivity index (χ3v) is 5.38. The van der Waals surface area contributed by atoms with Crippen molar-refractivity contribution in [2.24, 2.45) is 0 Å². The van der Waals surface area contributed by atoms with Crippen LogP contribution < -0.4 is 14.8 Å². The molecule has 0 aliphatic rings. The highest BCUT2D eigenvalue weighted by molar-refractivity contribution is 7.08. The van der Waals surface area contributed by atoms with Crippen LogP contribution in [0.4, 0.5) is 5.69 Å². The van der Waals surface area contributed by atoms with Gasteiger partial charge in [-0.25, -0.2) is 0 Å². The quantitative estimate of drug-likeness (QED) is 0.417. The summed E-state index contributed by atoms with van der Waals surface area (Å²) in [6, 6.07) is 15.1. The summed E-state index contributed by atoms with van der Waals surface area (Å²) in [6.07, 6.45) is 0.597. The molecule has 0 unspecified atom stereocenters. The first-order valence-electron chi connectivity index (χ1n) is 9.63. The average Bonchev–Trinajstić information content (AvgIpc) is 3.50. The van der Waals surface area contributed by atoms with Crippen LogP contribution in [0.3, 0.4) is 0 Å². The second kappa shape index (κ2) is 9.44. The highest BCUT2D eigenvalue weighted by atomic mass is 32.1. The molecule has 4 aromatic rings. The third kappa shape index (κ3) is 4.92. The van der Waals surface area contributed by atoms with E-state index in [9.17, 15) is 4.79 Å². The van der Waals surface area contributed by atoms with Crippen molar-refractivity contribution in [3.8, 4) is 34.0 Å². The molecule has 2 aromatic heterocycles. The van der Waals surface area contributed by atoms with Crippen molar-refractivity contribution in [3.05, 3.63) is 65.2 Å². The number of aromatic nitrogens is 2. The number of nitrogens with one attached hydrogen (secondary N) is 1. The molecule has 0 aliphatic carbocycles. The zero-order valence-electron chi connectivity index (χ0n) is 17.1. The van der Waals surface area contributed by atoms with E-state index in [0.29, 0.717) is 23.8 Å². The van der Waals surface area contributed by atoms with Crippen LogP contribution >= 0.6 is 11.3 Å². The minimum atomic E-state index is -0.138. The minimum Gasteiger partial charge on any atom is -0.497 e. The number of amides is 1. The fourth-order valence-corrected chi connectivity index (χ4v) is 3.73. The summed E-state index contributed by atoms with van der Waals surface area (Å²) in [6.45, 7) is 0. The van der Waals surface area contributed by atoms with Gasteiger partial charge in [-0.15, -0.1) is 0 Å². The van der Waals surface area contributed by atoms with Crippen molar-refractivity contribution in [1.82, 2.24) is 10.1 Å². The number of anilines is 1. The highest BCUT2D eigenvalue weighted by Crippen LogP contribution is 2.33. The van der Waals surface area contributed by atoms with Gasteiger partial charge in [0.2, 0.25) is 17.6 Å². The molecule has 0 saturated heterocycles. The second-order valence-electron chi connectivity index (χ2n) is 6.72. The maximum atomic E-state index is 12.5. The summed E-state index contributed by atoms with van der Waals surface area (Å²) in [7, 11) is 3.25. The molecule has 1 amide bonds. The van der Waals surface area contributed by atoms with Crippen molar-refractivity contribution in [1.29, 1.82) is 0 Å². The number of aryl methyl sites for hydroxylation is 1. The molecule has 4 rings (SSSR count). The summed E-state index contributed by atoms with van der Waals surface area (Å²) in [4.78, 5) is 16.8. The second-order valence-corrected chi connectivity index (χ2v) is 7.50. The van der Waals surface area contributed by atoms with Crippen LogP contribution in [0.1, 0.15) is 12.3 Å². The number of hydrogen-bond donors (Lipinski definition) is 1. The van der Waals surface area contributed by atoms with Gasteiger partial charge in [0, 0.05) is 35.0 Å². The van der Waals surface area contributed by atoms with E-state index in [2.05, 4.69) is 15.5 Å². The number of benzene rings is 2. The molecule has 0 saturated carbocycles. The molecule has 158 valence electrons. The van der Waals surface area contributed by atoms with E-state index < -0.39 is 0 Å². The Morgan fingerprint density at radius 1 is 1.06 bits per heavy atom. The topological polar surface area (TPSA) is 86.5 Å².